The van der Waals surface area contributed by atoms with Gasteiger partial charge in [0, 0.05) is 21.5 Å². The predicted molar refractivity (Wildman–Crippen MR) is 93.0 cm³/mol. The van der Waals surface area contributed by atoms with Crippen molar-refractivity contribution >= 4 is 41.9 Å². The van der Waals surface area contributed by atoms with E-state index in [1.807, 2.05) is 13.0 Å². The second-order valence-corrected chi connectivity index (χ2v) is 9.15. The molecule has 0 spiro atoms. The van der Waals surface area contributed by atoms with Crippen molar-refractivity contribution in [2.24, 2.45) is 0 Å². The van der Waals surface area contributed by atoms with E-state index in [1.54, 1.807) is 10.4 Å². The van der Waals surface area contributed by atoms with Gasteiger partial charge in [0.05, 0.1) is 4.90 Å². The summed E-state index contributed by atoms with van der Waals surface area (Å²) >= 11 is 6.85. The van der Waals surface area contributed by atoms with E-state index in [0.717, 1.165) is 42.1 Å². The summed E-state index contributed by atoms with van der Waals surface area (Å²) < 4.78 is 29.2. The summed E-state index contributed by atoms with van der Waals surface area (Å²) in [6, 6.07) is 3.71. The topological polar surface area (TPSA) is 37.4 Å². The first kappa shape index (κ1) is 17.4. The van der Waals surface area contributed by atoms with Gasteiger partial charge in [-0.25, -0.2) is 8.42 Å². The summed E-state index contributed by atoms with van der Waals surface area (Å²) in [7, 11) is -3.45. The van der Waals surface area contributed by atoms with Crippen LogP contribution in [-0.2, 0) is 10.0 Å². The molecule has 1 aromatic carbocycles. The van der Waals surface area contributed by atoms with E-state index in [-0.39, 0.29) is 6.04 Å². The van der Waals surface area contributed by atoms with Crippen LogP contribution in [0.5, 0.6) is 0 Å². The van der Waals surface area contributed by atoms with Crippen LogP contribution in [0.2, 0.25) is 0 Å². The second-order valence-electron chi connectivity index (χ2n) is 5.59. The predicted octanol–water partition coefficient (Wildman–Crippen LogP) is 4.86. The number of aryl methyl sites for hydroxylation is 1. The third kappa shape index (κ3) is 3.71. The van der Waals surface area contributed by atoms with Crippen molar-refractivity contribution in [2.45, 2.75) is 56.9 Å². The molecule has 1 aliphatic heterocycles. The first-order valence-electron chi connectivity index (χ1n) is 7.35. The van der Waals surface area contributed by atoms with Crippen LogP contribution >= 0.6 is 31.9 Å². The van der Waals surface area contributed by atoms with Crippen LogP contribution in [0.15, 0.2) is 26.0 Å². The zero-order valence-corrected chi connectivity index (χ0v) is 16.4. The quantitative estimate of drug-likeness (QED) is 0.672. The minimum absolute atomic E-state index is 0.140. The largest absolute Gasteiger partial charge is 0.244 e. The molecule has 0 aliphatic carbocycles. The molecule has 1 heterocycles. The Balaban J connectivity index is 2.43. The van der Waals surface area contributed by atoms with Crippen LogP contribution < -0.4 is 0 Å². The smallest absolute Gasteiger partial charge is 0.207 e. The van der Waals surface area contributed by atoms with E-state index in [2.05, 4.69) is 38.8 Å². The average Bonchev–Trinajstić information content (AvgIpc) is 2.43. The van der Waals surface area contributed by atoms with E-state index < -0.39 is 10.0 Å². The van der Waals surface area contributed by atoms with Crippen molar-refractivity contribution in [3.8, 4) is 0 Å². The van der Waals surface area contributed by atoms with Gasteiger partial charge >= 0.3 is 0 Å². The number of nitrogens with zero attached hydrogens (tertiary/aromatic N) is 1. The number of benzene rings is 1. The molecule has 1 aliphatic rings. The van der Waals surface area contributed by atoms with E-state index in [9.17, 15) is 8.42 Å². The van der Waals surface area contributed by atoms with Crippen LogP contribution in [0.3, 0.4) is 0 Å². The molecule has 1 fully saturated rings. The highest BCUT2D eigenvalue weighted by Gasteiger charge is 2.34. The van der Waals surface area contributed by atoms with Gasteiger partial charge in [0.2, 0.25) is 10.0 Å². The van der Waals surface area contributed by atoms with E-state index in [1.165, 1.54) is 0 Å². The zero-order chi connectivity index (χ0) is 15.6. The van der Waals surface area contributed by atoms with Gasteiger partial charge in [-0.1, -0.05) is 35.7 Å². The fourth-order valence-corrected chi connectivity index (χ4v) is 6.23. The molecule has 6 heteroatoms. The van der Waals surface area contributed by atoms with Crippen LogP contribution in [-0.4, -0.2) is 25.3 Å². The number of halogens is 2. The Morgan fingerprint density at radius 2 is 1.95 bits per heavy atom. The van der Waals surface area contributed by atoms with Gasteiger partial charge in [0.25, 0.3) is 0 Å². The Morgan fingerprint density at radius 1 is 1.24 bits per heavy atom. The number of rotatable bonds is 4. The number of piperidine rings is 1. The first-order chi connectivity index (χ1) is 9.87. The van der Waals surface area contributed by atoms with Crippen molar-refractivity contribution in [2.75, 3.05) is 6.54 Å². The fraction of sp³-hybridized carbons (Fsp3) is 0.600. The SMILES string of the molecule is CCCC1CCCCN1S(=O)(=O)c1cc(Br)c(C)cc1Br. The fourth-order valence-electron chi connectivity index (χ4n) is 2.86. The maximum absolute atomic E-state index is 13.0. The highest BCUT2D eigenvalue weighted by molar-refractivity contribution is 9.11. The van der Waals surface area contributed by atoms with Crippen molar-refractivity contribution < 1.29 is 8.42 Å². The maximum atomic E-state index is 13.0. The molecule has 0 amide bonds. The summed E-state index contributed by atoms with van der Waals surface area (Å²) in [5, 5.41) is 0. The van der Waals surface area contributed by atoms with Gasteiger partial charge in [-0.2, -0.15) is 4.31 Å². The summed E-state index contributed by atoms with van der Waals surface area (Å²) in [5.41, 5.74) is 1.02. The lowest BCUT2D eigenvalue weighted by Crippen LogP contribution is -2.43. The monoisotopic (exact) mass is 437 g/mol. The summed E-state index contributed by atoms with van der Waals surface area (Å²) in [6.45, 7) is 4.69. The minimum Gasteiger partial charge on any atom is -0.207 e. The molecule has 0 bridgehead atoms. The van der Waals surface area contributed by atoms with Gasteiger partial charge in [-0.3, -0.25) is 0 Å². The third-order valence-electron chi connectivity index (χ3n) is 3.99. The van der Waals surface area contributed by atoms with Crippen LogP contribution in [0.4, 0.5) is 0 Å². The normalized spacial score (nSPS) is 20.7. The van der Waals surface area contributed by atoms with Crippen LogP contribution in [0.1, 0.15) is 44.6 Å². The van der Waals surface area contributed by atoms with Crippen LogP contribution in [0, 0.1) is 6.92 Å². The Labute approximate surface area is 144 Å². The van der Waals surface area contributed by atoms with Gasteiger partial charge in [0.1, 0.15) is 0 Å². The average molecular weight is 439 g/mol. The molecular weight excluding hydrogens is 418 g/mol. The van der Waals surface area contributed by atoms with Crippen molar-refractivity contribution in [3.63, 3.8) is 0 Å². The molecule has 0 radical (unpaired) electrons. The maximum Gasteiger partial charge on any atom is 0.244 e. The lowest BCUT2D eigenvalue weighted by atomic mass is 10.0. The van der Waals surface area contributed by atoms with E-state index in [0.29, 0.717) is 15.9 Å². The molecular formula is C15H21Br2NO2S. The molecule has 1 unspecified atom stereocenters. The Kier molecular flexibility index (Phi) is 5.91. The zero-order valence-electron chi connectivity index (χ0n) is 12.4. The van der Waals surface area contributed by atoms with Gasteiger partial charge in [0.15, 0.2) is 0 Å². The Bertz CT molecular complexity index is 614. The molecule has 1 saturated heterocycles. The Hall–Kier alpha value is 0.0900. The van der Waals surface area contributed by atoms with Gasteiger partial charge < -0.3 is 0 Å². The molecule has 1 aromatic rings. The summed E-state index contributed by atoms with van der Waals surface area (Å²) in [5.74, 6) is 0. The van der Waals surface area contributed by atoms with Crippen molar-refractivity contribution in [1.29, 1.82) is 0 Å². The van der Waals surface area contributed by atoms with Gasteiger partial charge in [-0.15, -0.1) is 0 Å². The molecule has 0 N–H and O–H groups in total. The van der Waals surface area contributed by atoms with Gasteiger partial charge in [-0.05, 0) is 59.8 Å². The highest BCUT2D eigenvalue weighted by atomic mass is 79.9. The molecule has 118 valence electrons. The lowest BCUT2D eigenvalue weighted by Gasteiger charge is -2.35. The molecule has 1 atom stereocenters. The Morgan fingerprint density at radius 3 is 2.62 bits per heavy atom. The molecule has 0 saturated carbocycles. The van der Waals surface area contributed by atoms with Crippen molar-refractivity contribution in [1.82, 2.24) is 4.31 Å². The molecule has 2 rings (SSSR count). The standard InChI is InChI=1S/C15H21Br2NO2S/c1-3-6-12-7-4-5-8-18(12)21(19,20)15-10-13(16)11(2)9-14(15)17/h9-10,12H,3-8H2,1-2H3. The van der Waals surface area contributed by atoms with E-state index >= 15 is 0 Å². The number of hydrogen-bond acceptors (Lipinski definition) is 2. The molecule has 0 aromatic heterocycles. The molecule has 21 heavy (non-hydrogen) atoms. The van der Waals surface area contributed by atoms with E-state index in [4.69, 9.17) is 0 Å². The number of hydrogen-bond donors (Lipinski definition) is 0. The van der Waals surface area contributed by atoms with Crippen molar-refractivity contribution in [3.05, 3.63) is 26.6 Å². The molecule has 3 nitrogen and oxygen atoms in total. The lowest BCUT2D eigenvalue weighted by molar-refractivity contribution is 0.239. The summed E-state index contributed by atoms with van der Waals surface area (Å²) in [6.07, 6.45) is 4.98. The second kappa shape index (κ2) is 7.11. The third-order valence-corrected chi connectivity index (χ3v) is 7.76. The minimum atomic E-state index is -3.45. The highest BCUT2D eigenvalue weighted by Crippen LogP contribution is 2.34. The van der Waals surface area contributed by atoms with Crippen LogP contribution in [0.25, 0.3) is 0 Å². The first-order valence-corrected chi connectivity index (χ1v) is 10.4. The number of sulfonamides is 1. The summed E-state index contributed by atoms with van der Waals surface area (Å²) in [4.78, 5) is 0.364.